The Bertz CT molecular complexity index is 431. The Morgan fingerprint density at radius 3 is 3.00 bits per heavy atom. The van der Waals surface area contributed by atoms with E-state index in [1.54, 1.807) is 13.2 Å². The minimum atomic E-state index is 0.581. The number of pyridine rings is 1. The van der Waals surface area contributed by atoms with Crippen molar-refractivity contribution in [2.45, 2.75) is 0 Å². The summed E-state index contributed by atoms with van der Waals surface area (Å²) in [4.78, 5) is 7.11. The molecule has 5 N–H and O–H groups in total. The molecule has 0 saturated carbocycles. The first-order valence-electron chi connectivity index (χ1n) is 3.90. The van der Waals surface area contributed by atoms with Gasteiger partial charge in [0.15, 0.2) is 0 Å². The topological polar surface area (TPSA) is 84.0 Å². The molecule has 2 aromatic rings. The van der Waals surface area contributed by atoms with E-state index in [-0.39, 0.29) is 0 Å². The van der Waals surface area contributed by atoms with Crippen molar-refractivity contribution in [3.63, 3.8) is 0 Å². The number of hydrazine groups is 1. The molecule has 5 nitrogen and oxygen atoms in total. The molecule has 0 bridgehead atoms. The van der Waals surface area contributed by atoms with Crippen LogP contribution >= 0.6 is 0 Å². The molecular formula is C8H11N5. The molecule has 0 atom stereocenters. The fraction of sp³-hybridized carbons (Fsp3) is 0.125. The van der Waals surface area contributed by atoms with Crippen LogP contribution in [0.15, 0.2) is 18.5 Å². The van der Waals surface area contributed by atoms with E-state index in [0.717, 1.165) is 16.7 Å². The van der Waals surface area contributed by atoms with Crippen molar-refractivity contribution in [3.05, 3.63) is 18.5 Å². The Morgan fingerprint density at radius 1 is 1.54 bits per heavy atom. The van der Waals surface area contributed by atoms with E-state index in [9.17, 15) is 0 Å². The van der Waals surface area contributed by atoms with E-state index in [2.05, 4.69) is 9.97 Å². The number of nitrogens with zero attached hydrogens (tertiary/aromatic N) is 2. The highest BCUT2D eigenvalue weighted by Crippen LogP contribution is 2.28. The van der Waals surface area contributed by atoms with Crippen LogP contribution in [0.5, 0.6) is 0 Å². The second kappa shape index (κ2) is 2.63. The lowest BCUT2D eigenvalue weighted by Gasteiger charge is -2.15. The lowest BCUT2D eigenvalue weighted by molar-refractivity contribution is 1.03. The molecule has 5 heteroatoms. The van der Waals surface area contributed by atoms with Gasteiger partial charge in [-0.15, -0.1) is 0 Å². The highest BCUT2D eigenvalue weighted by molar-refractivity contribution is 5.95. The summed E-state index contributed by atoms with van der Waals surface area (Å²) in [6.07, 6.45) is 3.40. The summed E-state index contributed by atoms with van der Waals surface area (Å²) in [5.74, 6) is 5.65. The maximum atomic E-state index is 5.75. The Balaban J connectivity index is 2.80. The van der Waals surface area contributed by atoms with Crippen molar-refractivity contribution in [2.24, 2.45) is 5.84 Å². The molecule has 68 valence electrons. The summed E-state index contributed by atoms with van der Waals surface area (Å²) >= 11 is 0. The van der Waals surface area contributed by atoms with Gasteiger partial charge < -0.3 is 15.7 Å². The molecule has 0 aliphatic carbocycles. The lowest BCUT2D eigenvalue weighted by Crippen LogP contribution is -2.26. The lowest BCUT2D eigenvalue weighted by atomic mass is 10.2. The zero-order valence-electron chi connectivity index (χ0n) is 7.28. The molecular weight excluding hydrogens is 166 g/mol. The van der Waals surface area contributed by atoms with Crippen molar-refractivity contribution in [3.8, 4) is 0 Å². The van der Waals surface area contributed by atoms with Gasteiger partial charge in [0.2, 0.25) is 0 Å². The zero-order valence-corrected chi connectivity index (χ0v) is 7.28. The molecule has 0 aliphatic rings. The van der Waals surface area contributed by atoms with Crippen molar-refractivity contribution in [1.29, 1.82) is 0 Å². The number of fused-ring (bicyclic) bond motifs is 1. The number of H-pyrrole nitrogens is 1. The number of nitrogens with two attached hydrogens (primary N) is 2. The van der Waals surface area contributed by atoms with Crippen molar-refractivity contribution in [1.82, 2.24) is 9.97 Å². The van der Waals surface area contributed by atoms with E-state index in [4.69, 9.17) is 11.6 Å². The normalized spacial score (nSPS) is 10.6. The Morgan fingerprint density at radius 2 is 2.31 bits per heavy atom. The van der Waals surface area contributed by atoms with Crippen LogP contribution in [0.25, 0.3) is 11.0 Å². The van der Waals surface area contributed by atoms with Crippen LogP contribution in [0.3, 0.4) is 0 Å². The van der Waals surface area contributed by atoms with E-state index in [1.807, 2.05) is 12.3 Å². The SMILES string of the molecule is CN(N)c1c(N)cnc2[nH]ccc12. The summed E-state index contributed by atoms with van der Waals surface area (Å²) < 4.78 is 0. The smallest absolute Gasteiger partial charge is 0.139 e. The molecule has 13 heavy (non-hydrogen) atoms. The minimum Gasteiger partial charge on any atom is -0.396 e. The van der Waals surface area contributed by atoms with E-state index in [0.29, 0.717) is 5.69 Å². The summed E-state index contributed by atoms with van der Waals surface area (Å²) in [6, 6.07) is 1.90. The number of hydrogen-bond donors (Lipinski definition) is 3. The molecule has 0 aromatic carbocycles. The maximum absolute atomic E-state index is 5.75. The highest BCUT2D eigenvalue weighted by atomic mass is 15.4. The van der Waals surface area contributed by atoms with Gasteiger partial charge in [-0.25, -0.2) is 10.8 Å². The van der Waals surface area contributed by atoms with Gasteiger partial charge in [0.05, 0.1) is 17.6 Å². The largest absolute Gasteiger partial charge is 0.396 e. The summed E-state index contributed by atoms with van der Waals surface area (Å²) in [5.41, 5.74) is 7.92. The fourth-order valence-electron chi connectivity index (χ4n) is 1.40. The Labute approximate surface area is 75.3 Å². The molecule has 2 heterocycles. The monoisotopic (exact) mass is 177 g/mol. The Kier molecular flexibility index (Phi) is 1.60. The van der Waals surface area contributed by atoms with E-state index in [1.165, 1.54) is 5.01 Å². The fourth-order valence-corrected chi connectivity index (χ4v) is 1.40. The van der Waals surface area contributed by atoms with E-state index < -0.39 is 0 Å². The molecule has 0 spiro atoms. The second-order valence-electron chi connectivity index (χ2n) is 2.91. The first-order chi connectivity index (χ1) is 6.20. The van der Waals surface area contributed by atoms with Crippen LogP contribution in [0.4, 0.5) is 11.4 Å². The van der Waals surface area contributed by atoms with Gasteiger partial charge in [0, 0.05) is 18.6 Å². The van der Waals surface area contributed by atoms with Crippen molar-refractivity contribution >= 4 is 22.4 Å². The minimum absolute atomic E-state index is 0.581. The molecule has 0 aliphatic heterocycles. The molecule has 0 saturated heterocycles. The van der Waals surface area contributed by atoms with Gasteiger partial charge in [0.25, 0.3) is 0 Å². The number of nitrogen functional groups attached to an aromatic ring is 1. The highest BCUT2D eigenvalue weighted by Gasteiger charge is 2.08. The second-order valence-corrected chi connectivity index (χ2v) is 2.91. The molecule has 0 unspecified atom stereocenters. The van der Waals surface area contributed by atoms with Crippen LogP contribution in [-0.2, 0) is 0 Å². The predicted octanol–water partition coefficient (Wildman–Crippen LogP) is 0.455. The van der Waals surface area contributed by atoms with Gasteiger partial charge in [-0.2, -0.15) is 0 Å². The third-order valence-corrected chi connectivity index (χ3v) is 1.94. The summed E-state index contributed by atoms with van der Waals surface area (Å²) in [5, 5.41) is 2.43. The molecule has 0 radical (unpaired) electrons. The zero-order chi connectivity index (χ0) is 9.42. The number of nitrogens with one attached hydrogen (secondary N) is 1. The summed E-state index contributed by atoms with van der Waals surface area (Å²) in [6.45, 7) is 0. The van der Waals surface area contributed by atoms with Crippen LogP contribution in [-0.4, -0.2) is 17.0 Å². The molecule has 2 aromatic heterocycles. The van der Waals surface area contributed by atoms with Crippen LogP contribution in [0.2, 0.25) is 0 Å². The van der Waals surface area contributed by atoms with Crippen LogP contribution < -0.4 is 16.6 Å². The van der Waals surface area contributed by atoms with Gasteiger partial charge in [-0.1, -0.05) is 0 Å². The van der Waals surface area contributed by atoms with E-state index >= 15 is 0 Å². The standard InChI is InChI=1S/C8H11N5/c1-13(10)7-5-2-3-11-8(5)12-4-6(7)9/h2-4H,9-10H2,1H3,(H,11,12). The Hall–Kier alpha value is -1.75. The maximum Gasteiger partial charge on any atom is 0.139 e. The number of anilines is 2. The number of hydrogen-bond acceptors (Lipinski definition) is 4. The van der Waals surface area contributed by atoms with Crippen LogP contribution in [0, 0.1) is 0 Å². The van der Waals surface area contributed by atoms with Crippen molar-refractivity contribution in [2.75, 3.05) is 17.8 Å². The molecule has 2 rings (SSSR count). The molecule has 0 amide bonds. The number of rotatable bonds is 1. The third kappa shape index (κ3) is 1.09. The predicted molar refractivity (Wildman–Crippen MR) is 53.1 cm³/mol. The van der Waals surface area contributed by atoms with Gasteiger partial charge in [0.1, 0.15) is 5.65 Å². The number of aromatic nitrogens is 2. The van der Waals surface area contributed by atoms with Gasteiger partial charge >= 0.3 is 0 Å². The average molecular weight is 177 g/mol. The van der Waals surface area contributed by atoms with Crippen LogP contribution in [0.1, 0.15) is 0 Å². The first kappa shape index (κ1) is 7.88. The quantitative estimate of drug-likeness (QED) is 0.436. The summed E-state index contributed by atoms with van der Waals surface area (Å²) in [7, 11) is 1.75. The average Bonchev–Trinajstić information content (AvgIpc) is 2.50. The third-order valence-electron chi connectivity index (χ3n) is 1.94. The van der Waals surface area contributed by atoms with Gasteiger partial charge in [-0.05, 0) is 6.07 Å². The van der Waals surface area contributed by atoms with Crippen molar-refractivity contribution < 1.29 is 0 Å². The first-order valence-corrected chi connectivity index (χ1v) is 3.90. The van der Waals surface area contributed by atoms with Gasteiger partial charge in [-0.3, -0.25) is 0 Å². The number of aromatic amines is 1. The molecule has 0 fully saturated rings.